The highest BCUT2D eigenvalue weighted by atomic mass is 35.5. The number of rotatable bonds is 4. The van der Waals surface area contributed by atoms with Gasteiger partial charge in [-0.15, -0.1) is 0 Å². The molecule has 0 saturated carbocycles. The summed E-state index contributed by atoms with van der Waals surface area (Å²) in [6.45, 7) is 2.22. The zero-order valence-corrected chi connectivity index (χ0v) is 13.0. The van der Waals surface area contributed by atoms with Gasteiger partial charge in [-0.3, -0.25) is 9.59 Å². The molecule has 0 aliphatic carbocycles. The number of anilines is 1. The Morgan fingerprint density at radius 1 is 1.00 bits per heavy atom. The third-order valence-corrected chi connectivity index (χ3v) is 3.61. The molecule has 0 radical (unpaired) electrons. The summed E-state index contributed by atoms with van der Waals surface area (Å²) in [6.07, 6.45) is 0.572. The molecular formula is C17H17ClN2O2. The van der Waals surface area contributed by atoms with Crippen molar-refractivity contribution in [3.05, 3.63) is 64.7 Å². The fourth-order valence-corrected chi connectivity index (χ4v) is 2.21. The Kier molecular flexibility index (Phi) is 5.55. The second-order valence-corrected chi connectivity index (χ2v) is 5.27. The summed E-state index contributed by atoms with van der Waals surface area (Å²) in [5.74, 6) is -1.33. The minimum Gasteiger partial charge on any atom is -0.347 e. The van der Waals surface area contributed by atoms with E-state index in [4.69, 9.17) is 11.6 Å². The Morgan fingerprint density at radius 2 is 1.68 bits per heavy atom. The fourth-order valence-electron chi connectivity index (χ4n) is 1.98. The van der Waals surface area contributed by atoms with Crippen molar-refractivity contribution in [2.24, 2.45) is 0 Å². The Bertz CT molecular complexity index is 686. The lowest BCUT2D eigenvalue weighted by molar-refractivity contribution is -0.136. The number of para-hydroxylation sites is 1. The van der Waals surface area contributed by atoms with Crippen LogP contribution in [0.4, 0.5) is 5.69 Å². The molecule has 2 aromatic carbocycles. The summed E-state index contributed by atoms with van der Waals surface area (Å²) in [7, 11) is 0. The van der Waals surface area contributed by atoms with E-state index in [0.717, 1.165) is 11.1 Å². The number of carbonyl (C=O) groups excluding carboxylic acids is 2. The molecule has 0 fully saturated rings. The number of carbonyl (C=O) groups is 2. The number of hydrogen-bond acceptors (Lipinski definition) is 2. The second kappa shape index (κ2) is 7.61. The lowest BCUT2D eigenvalue weighted by atomic mass is 10.1. The first-order valence-electron chi connectivity index (χ1n) is 6.96. The van der Waals surface area contributed by atoms with E-state index < -0.39 is 11.8 Å². The topological polar surface area (TPSA) is 58.2 Å². The molecule has 0 unspecified atom stereocenters. The number of halogens is 1. The fraction of sp³-hybridized carbons (Fsp3) is 0.176. The first-order chi connectivity index (χ1) is 10.6. The van der Waals surface area contributed by atoms with Crippen LogP contribution in [-0.2, 0) is 16.0 Å². The van der Waals surface area contributed by atoms with Crippen LogP contribution >= 0.6 is 11.6 Å². The van der Waals surface area contributed by atoms with Crippen molar-refractivity contribution in [3.63, 3.8) is 0 Å². The van der Waals surface area contributed by atoms with Crippen LogP contribution in [0.2, 0.25) is 5.02 Å². The van der Waals surface area contributed by atoms with Crippen LogP contribution in [0, 0.1) is 6.92 Å². The van der Waals surface area contributed by atoms with E-state index in [2.05, 4.69) is 10.6 Å². The van der Waals surface area contributed by atoms with Crippen LogP contribution in [0.15, 0.2) is 48.5 Å². The van der Waals surface area contributed by atoms with Gasteiger partial charge in [0, 0.05) is 17.3 Å². The van der Waals surface area contributed by atoms with Crippen molar-refractivity contribution >= 4 is 29.1 Å². The summed E-state index contributed by atoms with van der Waals surface area (Å²) in [5, 5.41) is 5.84. The Balaban J connectivity index is 1.83. The van der Waals surface area contributed by atoms with Gasteiger partial charge in [-0.1, -0.05) is 48.0 Å². The van der Waals surface area contributed by atoms with E-state index in [1.807, 2.05) is 37.3 Å². The van der Waals surface area contributed by atoms with E-state index in [1.165, 1.54) is 0 Å². The first kappa shape index (κ1) is 16.0. The molecule has 0 heterocycles. The minimum atomic E-state index is -0.673. The standard InChI is InChI=1S/C17H17ClN2O2/c1-12-6-2-5-9-15(12)20-17(22)16(21)19-11-10-13-7-3-4-8-14(13)18/h2-9H,10-11H2,1H3,(H,19,21)(H,20,22). The zero-order chi connectivity index (χ0) is 15.9. The highest BCUT2D eigenvalue weighted by Gasteiger charge is 2.14. The molecule has 114 valence electrons. The molecule has 0 aliphatic heterocycles. The molecule has 0 aliphatic rings. The lowest BCUT2D eigenvalue weighted by Gasteiger charge is -2.09. The van der Waals surface area contributed by atoms with Gasteiger partial charge in [-0.25, -0.2) is 0 Å². The predicted octanol–water partition coefficient (Wildman–Crippen LogP) is 2.95. The molecular weight excluding hydrogens is 300 g/mol. The van der Waals surface area contributed by atoms with Gasteiger partial charge in [0.15, 0.2) is 0 Å². The summed E-state index contributed by atoms with van der Waals surface area (Å²) >= 11 is 6.03. The van der Waals surface area contributed by atoms with Gasteiger partial charge in [-0.2, -0.15) is 0 Å². The molecule has 2 aromatic rings. The third kappa shape index (κ3) is 4.33. The zero-order valence-electron chi connectivity index (χ0n) is 12.2. The van der Waals surface area contributed by atoms with Crippen molar-refractivity contribution in [2.75, 3.05) is 11.9 Å². The largest absolute Gasteiger partial charge is 0.347 e. The van der Waals surface area contributed by atoms with Crippen molar-refractivity contribution < 1.29 is 9.59 Å². The van der Waals surface area contributed by atoms with E-state index in [-0.39, 0.29) is 0 Å². The van der Waals surface area contributed by atoms with Crippen molar-refractivity contribution in [2.45, 2.75) is 13.3 Å². The maximum atomic E-state index is 11.8. The van der Waals surface area contributed by atoms with Gasteiger partial charge in [0.1, 0.15) is 0 Å². The van der Waals surface area contributed by atoms with E-state index in [1.54, 1.807) is 18.2 Å². The van der Waals surface area contributed by atoms with Crippen LogP contribution in [0.3, 0.4) is 0 Å². The van der Waals surface area contributed by atoms with E-state index in [9.17, 15) is 9.59 Å². The first-order valence-corrected chi connectivity index (χ1v) is 7.34. The smallest absolute Gasteiger partial charge is 0.313 e. The normalized spacial score (nSPS) is 10.1. The molecule has 2 amide bonds. The molecule has 2 N–H and O–H groups in total. The molecule has 0 spiro atoms. The number of nitrogens with one attached hydrogen (secondary N) is 2. The summed E-state index contributed by atoms with van der Waals surface area (Å²) < 4.78 is 0. The van der Waals surface area contributed by atoms with Gasteiger partial charge in [0.05, 0.1) is 0 Å². The highest BCUT2D eigenvalue weighted by Crippen LogP contribution is 2.15. The molecule has 0 aromatic heterocycles. The quantitative estimate of drug-likeness (QED) is 0.852. The van der Waals surface area contributed by atoms with Crippen LogP contribution < -0.4 is 10.6 Å². The molecule has 22 heavy (non-hydrogen) atoms. The monoisotopic (exact) mass is 316 g/mol. The van der Waals surface area contributed by atoms with Gasteiger partial charge in [0.2, 0.25) is 0 Å². The SMILES string of the molecule is Cc1ccccc1NC(=O)C(=O)NCCc1ccccc1Cl. The number of aryl methyl sites for hydroxylation is 1. The van der Waals surface area contributed by atoms with Crippen molar-refractivity contribution in [1.82, 2.24) is 5.32 Å². The Morgan fingerprint density at radius 3 is 2.41 bits per heavy atom. The molecule has 0 atom stereocenters. The number of hydrogen-bond donors (Lipinski definition) is 2. The second-order valence-electron chi connectivity index (χ2n) is 4.87. The van der Waals surface area contributed by atoms with Gasteiger partial charge < -0.3 is 10.6 Å². The molecule has 5 heteroatoms. The molecule has 4 nitrogen and oxygen atoms in total. The molecule has 0 bridgehead atoms. The van der Waals surface area contributed by atoms with Gasteiger partial charge >= 0.3 is 11.8 Å². The predicted molar refractivity (Wildman–Crippen MR) is 88.0 cm³/mol. The van der Waals surface area contributed by atoms with E-state index in [0.29, 0.717) is 23.7 Å². The molecule has 0 saturated heterocycles. The Hall–Kier alpha value is -2.33. The summed E-state index contributed by atoms with van der Waals surface area (Å²) in [5.41, 5.74) is 2.47. The average molecular weight is 317 g/mol. The van der Waals surface area contributed by atoms with Gasteiger partial charge in [-0.05, 0) is 36.6 Å². The van der Waals surface area contributed by atoms with Crippen LogP contribution in [0.25, 0.3) is 0 Å². The van der Waals surface area contributed by atoms with Crippen molar-refractivity contribution in [3.8, 4) is 0 Å². The van der Waals surface area contributed by atoms with Crippen LogP contribution in [0.1, 0.15) is 11.1 Å². The third-order valence-electron chi connectivity index (χ3n) is 3.24. The minimum absolute atomic E-state index is 0.351. The highest BCUT2D eigenvalue weighted by molar-refractivity contribution is 6.39. The van der Waals surface area contributed by atoms with E-state index >= 15 is 0 Å². The van der Waals surface area contributed by atoms with Crippen molar-refractivity contribution in [1.29, 1.82) is 0 Å². The van der Waals surface area contributed by atoms with Crippen LogP contribution in [-0.4, -0.2) is 18.4 Å². The maximum absolute atomic E-state index is 11.8. The summed E-state index contributed by atoms with van der Waals surface area (Å²) in [4.78, 5) is 23.6. The Labute approximate surface area is 134 Å². The van der Waals surface area contributed by atoms with Crippen LogP contribution in [0.5, 0.6) is 0 Å². The average Bonchev–Trinajstić information content (AvgIpc) is 2.51. The number of amides is 2. The molecule has 2 rings (SSSR count). The summed E-state index contributed by atoms with van der Waals surface area (Å²) in [6, 6.07) is 14.7. The maximum Gasteiger partial charge on any atom is 0.313 e. The number of benzene rings is 2. The lowest BCUT2D eigenvalue weighted by Crippen LogP contribution is -2.36. The van der Waals surface area contributed by atoms with Gasteiger partial charge in [0.25, 0.3) is 0 Å².